The number of nitrogens with two attached hydrogens (primary N) is 1. The van der Waals surface area contributed by atoms with E-state index in [1.54, 1.807) is 21.0 Å². The van der Waals surface area contributed by atoms with Crippen molar-refractivity contribution in [3.8, 4) is 0 Å². The fourth-order valence-corrected chi connectivity index (χ4v) is 0.856. The maximum absolute atomic E-state index is 11.5. The first-order valence-electron chi connectivity index (χ1n) is 3.83. The molecule has 0 saturated carbocycles. The van der Waals surface area contributed by atoms with Crippen LogP contribution in [0.15, 0.2) is 6.20 Å². The van der Waals surface area contributed by atoms with Gasteiger partial charge in [0.25, 0.3) is 5.91 Å². The van der Waals surface area contributed by atoms with E-state index >= 15 is 0 Å². The Bertz CT molecular complexity index is 335. The molecule has 0 radical (unpaired) electrons. The topological polar surface area (TPSA) is 72.1 Å². The molecule has 0 aliphatic heterocycles. The Morgan fingerprint density at radius 2 is 2.15 bits per heavy atom. The van der Waals surface area contributed by atoms with Gasteiger partial charge in [-0.25, -0.2) is 9.97 Å². The van der Waals surface area contributed by atoms with Gasteiger partial charge in [0.15, 0.2) is 11.5 Å². The Kier molecular flexibility index (Phi) is 2.46. The van der Waals surface area contributed by atoms with Gasteiger partial charge in [-0.2, -0.15) is 0 Å². The van der Waals surface area contributed by atoms with Gasteiger partial charge in [0.2, 0.25) is 0 Å². The molecule has 5 nitrogen and oxygen atoms in total. The van der Waals surface area contributed by atoms with Crippen molar-refractivity contribution in [3.63, 3.8) is 0 Å². The van der Waals surface area contributed by atoms with Crippen LogP contribution in [0.2, 0.25) is 0 Å². The molecule has 0 atom stereocenters. The predicted molar refractivity (Wildman–Crippen MR) is 49.2 cm³/mol. The number of carbonyl (C=O) groups is 1. The van der Waals surface area contributed by atoms with Gasteiger partial charge in [-0.05, 0) is 6.92 Å². The molecule has 0 saturated heterocycles. The lowest BCUT2D eigenvalue weighted by atomic mass is 10.3. The molecular weight excluding hydrogens is 168 g/mol. The number of anilines is 1. The van der Waals surface area contributed by atoms with E-state index in [9.17, 15) is 4.79 Å². The van der Waals surface area contributed by atoms with Crippen LogP contribution in [-0.2, 0) is 0 Å². The lowest BCUT2D eigenvalue weighted by Gasteiger charge is -2.10. The van der Waals surface area contributed by atoms with Crippen molar-refractivity contribution >= 4 is 11.7 Å². The summed E-state index contributed by atoms with van der Waals surface area (Å²) in [7, 11) is 3.29. The van der Waals surface area contributed by atoms with Crippen LogP contribution in [0.3, 0.4) is 0 Å². The number of hydrogen-bond donors (Lipinski definition) is 1. The lowest BCUT2D eigenvalue weighted by molar-refractivity contribution is 0.0822. The minimum Gasteiger partial charge on any atom is -0.382 e. The average Bonchev–Trinajstić information content (AvgIpc) is 2.08. The SMILES string of the molecule is Cc1cnc(N)c(C(=O)N(C)C)n1. The third kappa shape index (κ3) is 1.93. The van der Waals surface area contributed by atoms with E-state index in [0.29, 0.717) is 5.69 Å². The van der Waals surface area contributed by atoms with Crippen molar-refractivity contribution in [1.82, 2.24) is 14.9 Å². The summed E-state index contributed by atoms with van der Waals surface area (Å²) in [6, 6.07) is 0. The quantitative estimate of drug-likeness (QED) is 0.663. The van der Waals surface area contributed by atoms with E-state index in [0.717, 1.165) is 0 Å². The zero-order chi connectivity index (χ0) is 10.0. The van der Waals surface area contributed by atoms with E-state index in [-0.39, 0.29) is 17.4 Å². The van der Waals surface area contributed by atoms with E-state index in [2.05, 4.69) is 9.97 Å². The highest BCUT2D eigenvalue weighted by atomic mass is 16.2. The number of nitrogens with zero attached hydrogens (tertiary/aromatic N) is 3. The molecule has 0 aliphatic rings. The summed E-state index contributed by atoms with van der Waals surface area (Å²) in [5, 5.41) is 0. The van der Waals surface area contributed by atoms with E-state index in [4.69, 9.17) is 5.73 Å². The van der Waals surface area contributed by atoms with Crippen molar-refractivity contribution in [3.05, 3.63) is 17.6 Å². The van der Waals surface area contributed by atoms with Gasteiger partial charge in [0, 0.05) is 14.1 Å². The maximum Gasteiger partial charge on any atom is 0.275 e. The van der Waals surface area contributed by atoms with Crippen LogP contribution in [0, 0.1) is 6.92 Å². The number of amides is 1. The Morgan fingerprint density at radius 1 is 1.54 bits per heavy atom. The molecule has 0 bridgehead atoms. The largest absolute Gasteiger partial charge is 0.382 e. The fraction of sp³-hybridized carbons (Fsp3) is 0.375. The van der Waals surface area contributed by atoms with E-state index in [1.165, 1.54) is 11.1 Å². The summed E-state index contributed by atoms with van der Waals surface area (Å²) in [6.45, 7) is 1.76. The molecule has 0 fully saturated rings. The first-order valence-corrected chi connectivity index (χ1v) is 3.83. The average molecular weight is 180 g/mol. The van der Waals surface area contributed by atoms with Crippen molar-refractivity contribution in [2.75, 3.05) is 19.8 Å². The molecule has 0 aromatic carbocycles. The van der Waals surface area contributed by atoms with Crippen molar-refractivity contribution in [2.24, 2.45) is 0 Å². The summed E-state index contributed by atoms with van der Waals surface area (Å²) in [6.07, 6.45) is 1.53. The number of rotatable bonds is 1. The zero-order valence-corrected chi connectivity index (χ0v) is 7.90. The van der Waals surface area contributed by atoms with Gasteiger partial charge in [0.1, 0.15) is 0 Å². The second-order valence-electron chi connectivity index (χ2n) is 2.94. The number of aryl methyl sites for hydroxylation is 1. The Balaban J connectivity index is 3.13. The van der Waals surface area contributed by atoms with Gasteiger partial charge >= 0.3 is 0 Å². The van der Waals surface area contributed by atoms with Gasteiger partial charge in [0.05, 0.1) is 11.9 Å². The summed E-state index contributed by atoms with van der Waals surface area (Å²) < 4.78 is 0. The first-order chi connectivity index (χ1) is 6.02. The maximum atomic E-state index is 11.5. The molecule has 1 heterocycles. The molecule has 13 heavy (non-hydrogen) atoms. The molecular formula is C8H12N4O. The third-order valence-electron chi connectivity index (χ3n) is 1.53. The van der Waals surface area contributed by atoms with Crippen LogP contribution in [0.5, 0.6) is 0 Å². The number of carbonyl (C=O) groups excluding carboxylic acids is 1. The number of aromatic nitrogens is 2. The van der Waals surface area contributed by atoms with Crippen molar-refractivity contribution < 1.29 is 4.79 Å². The monoisotopic (exact) mass is 180 g/mol. The standard InChI is InChI=1S/C8H12N4O/c1-5-4-10-7(9)6(11-5)8(13)12(2)3/h4H,1-3H3,(H2,9,10). The Labute approximate surface area is 76.6 Å². The van der Waals surface area contributed by atoms with E-state index < -0.39 is 0 Å². The van der Waals surface area contributed by atoms with Gasteiger partial charge < -0.3 is 10.6 Å². The van der Waals surface area contributed by atoms with Gasteiger partial charge in [-0.3, -0.25) is 4.79 Å². The summed E-state index contributed by atoms with van der Waals surface area (Å²) >= 11 is 0. The molecule has 5 heteroatoms. The van der Waals surface area contributed by atoms with Crippen molar-refractivity contribution in [2.45, 2.75) is 6.92 Å². The van der Waals surface area contributed by atoms with Crippen LogP contribution in [0.4, 0.5) is 5.82 Å². The highest BCUT2D eigenvalue weighted by Crippen LogP contribution is 2.07. The number of hydrogen-bond acceptors (Lipinski definition) is 4. The van der Waals surface area contributed by atoms with Crippen LogP contribution >= 0.6 is 0 Å². The molecule has 1 aromatic rings. The summed E-state index contributed by atoms with van der Waals surface area (Å²) in [5.41, 5.74) is 6.40. The minimum atomic E-state index is -0.228. The smallest absolute Gasteiger partial charge is 0.275 e. The third-order valence-corrected chi connectivity index (χ3v) is 1.53. The second-order valence-corrected chi connectivity index (χ2v) is 2.94. The summed E-state index contributed by atoms with van der Waals surface area (Å²) in [4.78, 5) is 20.7. The molecule has 0 spiro atoms. The molecule has 2 N–H and O–H groups in total. The van der Waals surface area contributed by atoms with Crippen LogP contribution in [0.25, 0.3) is 0 Å². The highest BCUT2D eigenvalue weighted by molar-refractivity contribution is 5.95. The van der Waals surface area contributed by atoms with Crippen LogP contribution in [-0.4, -0.2) is 34.9 Å². The Hall–Kier alpha value is -1.65. The molecule has 0 unspecified atom stereocenters. The van der Waals surface area contributed by atoms with Gasteiger partial charge in [-0.15, -0.1) is 0 Å². The van der Waals surface area contributed by atoms with Crippen LogP contribution in [0.1, 0.15) is 16.2 Å². The van der Waals surface area contributed by atoms with Crippen LogP contribution < -0.4 is 5.73 Å². The van der Waals surface area contributed by atoms with Gasteiger partial charge in [-0.1, -0.05) is 0 Å². The first kappa shape index (κ1) is 9.44. The van der Waals surface area contributed by atoms with E-state index in [1.807, 2.05) is 0 Å². The molecule has 1 amide bonds. The normalized spacial score (nSPS) is 9.77. The summed E-state index contributed by atoms with van der Waals surface area (Å²) in [5.74, 6) is -0.0574. The molecule has 1 rings (SSSR count). The lowest BCUT2D eigenvalue weighted by Crippen LogP contribution is -2.24. The molecule has 0 aliphatic carbocycles. The minimum absolute atomic E-state index is 0.171. The fourth-order valence-electron chi connectivity index (χ4n) is 0.856. The Morgan fingerprint density at radius 3 is 2.69 bits per heavy atom. The van der Waals surface area contributed by atoms with Crippen molar-refractivity contribution in [1.29, 1.82) is 0 Å². The highest BCUT2D eigenvalue weighted by Gasteiger charge is 2.14. The molecule has 70 valence electrons. The zero-order valence-electron chi connectivity index (χ0n) is 7.90. The number of nitrogen functional groups attached to an aromatic ring is 1. The predicted octanol–water partition coefficient (Wildman–Crippen LogP) is 0.0690. The molecule has 1 aromatic heterocycles. The second kappa shape index (κ2) is 3.38.